The van der Waals surface area contributed by atoms with Crippen LogP contribution in [0, 0.1) is 0 Å². The second-order valence-corrected chi connectivity index (χ2v) is 11.7. The summed E-state index contributed by atoms with van der Waals surface area (Å²) in [4.78, 5) is 13.0. The zero-order valence-electron chi connectivity index (χ0n) is 19.1. The number of carbonyl (C=O) groups is 1. The quantitative estimate of drug-likeness (QED) is 0.223. The molecular weight excluding hydrogens is 572 g/mol. The third kappa shape index (κ3) is 5.69. The normalized spacial score (nSPS) is 12.1. The molecule has 0 aliphatic rings. The number of halogens is 5. The number of benzene rings is 2. The van der Waals surface area contributed by atoms with Gasteiger partial charge in [0.1, 0.15) is 0 Å². The summed E-state index contributed by atoms with van der Waals surface area (Å²) in [5.74, 6) is -0.775. The van der Waals surface area contributed by atoms with Crippen LogP contribution in [0.4, 0.5) is 13.2 Å². The van der Waals surface area contributed by atoms with Gasteiger partial charge in [-0.25, -0.2) is 17.9 Å². The number of esters is 1. The Morgan fingerprint density at radius 1 is 1.05 bits per heavy atom. The zero-order chi connectivity index (χ0) is 27.1. The topological polar surface area (TPSA) is 78.3 Å². The molecule has 0 bridgehead atoms. The van der Waals surface area contributed by atoms with E-state index < -0.39 is 27.7 Å². The van der Waals surface area contributed by atoms with E-state index in [1.54, 1.807) is 25.1 Å². The molecule has 0 fully saturated rings. The Hall–Kier alpha value is -2.86. The van der Waals surface area contributed by atoms with E-state index in [4.69, 9.17) is 27.9 Å². The fourth-order valence-electron chi connectivity index (χ4n) is 3.52. The van der Waals surface area contributed by atoms with Crippen LogP contribution >= 0.6 is 34.5 Å². The average molecular weight is 589 g/mol. The molecule has 0 atom stereocenters. The molecule has 0 N–H and O–H groups in total. The van der Waals surface area contributed by atoms with Gasteiger partial charge in [-0.3, -0.25) is 0 Å². The van der Waals surface area contributed by atoms with Crippen LogP contribution in [0.15, 0.2) is 59.5 Å². The van der Waals surface area contributed by atoms with Crippen molar-refractivity contribution in [2.24, 2.45) is 0 Å². The van der Waals surface area contributed by atoms with Crippen molar-refractivity contribution in [1.29, 1.82) is 0 Å². The highest BCUT2D eigenvalue weighted by Gasteiger charge is 2.36. The first-order valence-electron chi connectivity index (χ1n) is 10.5. The van der Waals surface area contributed by atoms with Gasteiger partial charge in [0.15, 0.2) is 15.5 Å². The van der Waals surface area contributed by atoms with Crippen molar-refractivity contribution in [3.8, 4) is 26.7 Å². The molecule has 0 spiro atoms. The van der Waals surface area contributed by atoms with Crippen LogP contribution in [0.25, 0.3) is 26.7 Å². The number of sulfone groups is 1. The van der Waals surface area contributed by atoms with Crippen LogP contribution in [-0.2, 0) is 20.8 Å². The lowest BCUT2D eigenvalue weighted by Gasteiger charge is -2.10. The van der Waals surface area contributed by atoms with Gasteiger partial charge in [-0.05, 0) is 61.0 Å². The van der Waals surface area contributed by atoms with E-state index >= 15 is 0 Å². The molecule has 0 unspecified atom stereocenters. The molecule has 6 nitrogen and oxygen atoms in total. The number of alkyl halides is 3. The molecule has 2 heterocycles. The van der Waals surface area contributed by atoms with Crippen LogP contribution < -0.4 is 0 Å². The van der Waals surface area contributed by atoms with Crippen LogP contribution in [0.3, 0.4) is 0 Å². The van der Waals surface area contributed by atoms with Gasteiger partial charge in [0.05, 0.1) is 38.3 Å². The molecular formula is C24H17Cl2F3N2O4S2. The molecule has 0 saturated carbocycles. The average Bonchev–Trinajstić information content (AvgIpc) is 3.47. The highest BCUT2D eigenvalue weighted by Crippen LogP contribution is 2.40. The van der Waals surface area contributed by atoms with Gasteiger partial charge >= 0.3 is 12.1 Å². The van der Waals surface area contributed by atoms with E-state index in [1.807, 2.05) is 0 Å². The summed E-state index contributed by atoms with van der Waals surface area (Å²) < 4.78 is 71.4. The lowest BCUT2D eigenvalue weighted by atomic mass is 10.1. The molecule has 13 heteroatoms. The van der Waals surface area contributed by atoms with Gasteiger partial charge in [0.25, 0.3) is 0 Å². The number of aromatic nitrogens is 2. The third-order valence-corrected chi connectivity index (χ3v) is 8.00. The minimum atomic E-state index is -4.71. The number of thiophene rings is 1. The van der Waals surface area contributed by atoms with Crippen LogP contribution in [0.2, 0.25) is 10.0 Å². The number of carbonyl (C=O) groups excluding carboxylic acids is 1. The largest absolute Gasteiger partial charge is 0.462 e. The zero-order valence-corrected chi connectivity index (χ0v) is 22.3. The van der Waals surface area contributed by atoms with Gasteiger partial charge in [-0.15, -0.1) is 11.3 Å². The summed E-state index contributed by atoms with van der Waals surface area (Å²) in [7, 11) is -3.80. The van der Waals surface area contributed by atoms with Gasteiger partial charge in [0, 0.05) is 16.2 Å². The van der Waals surface area contributed by atoms with E-state index in [9.17, 15) is 26.4 Å². The van der Waals surface area contributed by atoms with Crippen molar-refractivity contribution in [2.45, 2.75) is 18.0 Å². The van der Waals surface area contributed by atoms with Gasteiger partial charge in [-0.2, -0.15) is 18.3 Å². The number of rotatable bonds is 6. The van der Waals surface area contributed by atoms with Gasteiger partial charge < -0.3 is 4.74 Å². The minimum Gasteiger partial charge on any atom is -0.462 e. The van der Waals surface area contributed by atoms with E-state index in [2.05, 4.69) is 5.10 Å². The molecule has 4 rings (SSSR count). The van der Waals surface area contributed by atoms with Crippen molar-refractivity contribution in [3.63, 3.8) is 0 Å². The standard InChI is InChI=1S/C24H17Cl2F3N2O4S2/c1-3-35-23(32)15-6-4-13(10-21(15)37(2,33)34)19-8-9-20(36-19)18-12-22(24(27,28)29)30-31(18)17-11-14(25)5-7-16(17)26/h4-12H,3H2,1-2H3. The van der Waals surface area contributed by atoms with Gasteiger partial charge in [-0.1, -0.05) is 29.3 Å². The molecule has 0 radical (unpaired) electrons. The number of hydrogen-bond acceptors (Lipinski definition) is 6. The summed E-state index contributed by atoms with van der Waals surface area (Å²) in [6.45, 7) is 1.67. The summed E-state index contributed by atoms with van der Waals surface area (Å²) in [5, 5.41) is 4.14. The lowest BCUT2D eigenvalue weighted by Crippen LogP contribution is -2.11. The summed E-state index contributed by atoms with van der Waals surface area (Å²) >= 11 is 13.4. The molecule has 2 aromatic heterocycles. The fourth-order valence-corrected chi connectivity index (χ4v) is 5.78. The number of nitrogens with zero attached hydrogens (tertiary/aromatic N) is 2. The van der Waals surface area contributed by atoms with Crippen molar-refractivity contribution in [3.05, 3.63) is 75.9 Å². The first-order chi connectivity index (χ1) is 17.3. The monoisotopic (exact) mass is 588 g/mol. The maximum atomic E-state index is 13.6. The SMILES string of the molecule is CCOC(=O)c1ccc(-c2ccc(-c3cc(C(F)(F)F)nn3-c3cc(Cl)ccc3Cl)s2)cc1S(C)(=O)=O. The third-order valence-electron chi connectivity index (χ3n) is 5.16. The molecule has 0 saturated heterocycles. The second-order valence-electron chi connectivity index (χ2n) is 7.79. The Kier molecular flexibility index (Phi) is 7.44. The summed E-state index contributed by atoms with van der Waals surface area (Å²) in [6.07, 6.45) is -3.74. The first-order valence-corrected chi connectivity index (χ1v) is 14.0. The van der Waals surface area contributed by atoms with Crippen molar-refractivity contribution in [1.82, 2.24) is 9.78 Å². The van der Waals surface area contributed by atoms with E-state index in [-0.39, 0.29) is 38.5 Å². The Balaban J connectivity index is 1.84. The Bertz CT molecular complexity index is 1610. The van der Waals surface area contributed by atoms with Crippen molar-refractivity contribution < 1.29 is 31.1 Å². The maximum Gasteiger partial charge on any atom is 0.435 e. The first kappa shape index (κ1) is 27.2. The highest BCUT2D eigenvalue weighted by molar-refractivity contribution is 7.90. The smallest absolute Gasteiger partial charge is 0.435 e. The minimum absolute atomic E-state index is 0.0717. The summed E-state index contributed by atoms with van der Waals surface area (Å²) in [5.41, 5.74) is -0.500. The van der Waals surface area contributed by atoms with Crippen LogP contribution in [-0.4, -0.2) is 37.0 Å². The van der Waals surface area contributed by atoms with Crippen molar-refractivity contribution in [2.75, 3.05) is 12.9 Å². The second kappa shape index (κ2) is 10.1. The van der Waals surface area contributed by atoms with Gasteiger partial charge in [0.2, 0.25) is 0 Å². The molecule has 0 aliphatic heterocycles. The molecule has 4 aromatic rings. The predicted molar refractivity (Wildman–Crippen MR) is 136 cm³/mol. The van der Waals surface area contributed by atoms with Crippen molar-refractivity contribution >= 4 is 50.3 Å². The lowest BCUT2D eigenvalue weighted by molar-refractivity contribution is -0.141. The summed E-state index contributed by atoms with van der Waals surface area (Å²) in [6, 6.07) is 12.7. The highest BCUT2D eigenvalue weighted by atomic mass is 35.5. The Morgan fingerprint density at radius 3 is 2.41 bits per heavy atom. The Morgan fingerprint density at radius 2 is 1.76 bits per heavy atom. The molecule has 37 heavy (non-hydrogen) atoms. The number of hydrogen-bond donors (Lipinski definition) is 0. The molecule has 2 aromatic carbocycles. The Labute approximate surface area is 224 Å². The van der Waals surface area contributed by atoms with Crippen LogP contribution in [0.5, 0.6) is 0 Å². The maximum absolute atomic E-state index is 13.6. The van der Waals surface area contributed by atoms with E-state index in [1.165, 1.54) is 30.3 Å². The van der Waals surface area contributed by atoms with E-state index in [0.29, 0.717) is 15.3 Å². The fraction of sp³-hybridized carbons (Fsp3) is 0.167. The molecule has 194 valence electrons. The molecule has 0 amide bonds. The van der Waals surface area contributed by atoms with E-state index in [0.717, 1.165) is 28.3 Å². The predicted octanol–water partition coefficient (Wildman–Crippen LogP) is 7.17. The molecule has 0 aliphatic carbocycles. The number of ether oxygens (including phenoxy) is 1. The van der Waals surface area contributed by atoms with Crippen LogP contribution in [0.1, 0.15) is 23.0 Å².